The zero-order chi connectivity index (χ0) is 15.4. The molecular weight excluding hydrogens is 312 g/mol. The van der Waals surface area contributed by atoms with Crippen LogP contribution < -0.4 is 10.1 Å². The molecule has 2 nitrogen and oxygen atoms in total. The van der Waals surface area contributed by atoms with Gasteiger partial charge in [-0.2, -0.15) is 0 Å². The van der Waals surface area contributed by atoms with Crippen LogP contribution in [0.1, 0.15) is 24.1 Å². The van der Waals surface area contributed by atoms with Crippen LogP contribution in [-0.4, -0.2) is 13.7 Å². The van der Waals surface area contributed by atoms with Crippen LogP contribution in [0.25, 0.3) is 0 Å². The third-order valence-corrected chi connectivity index (χ3v) is 3.77. The highest BCUT2D eigenvalue weighted by Gasteiger charge is 2.23. The van der Waals surface area contributed by atoms with Crippen molar-refractivity contribution in [1.82, 2.24) is 5.32 Å². The third kappa shape index (κ3) is 3.49. The fourth-order valence-corrected chi connectivity index (χ4v) is 2.80. The molecule has 0 amide bonds. The van der Waals surface area contributed by atoms with Crippen molar-refractivity contribution in [2.75, 3.05) is 13.7 Å². The number of halogens is 3. The van der Waals surface area contributed by atoms with Gasteiger partial charge in [0.15, 0.2) is 0 Å². The molecule has 0 bridgehead atoms. The normalized spacial score (nSPS) is 12.2. The van der Waals surface area contributed by atoms with Crippen LogP contribution in [0, 0.1) is 5.82 Å². The van der Waals surface area contributed by atoms with Gasteiger partial charge in [-0.25, -0.2) is 4.39 Å². The van der Waals surface area contributed by atoms with Crippen molar-refractivity contribution >= 4 is 23.2 Å². The van der Waals surface area contributed by atoms with E-state index in [1.165, 1.54) is 13.2 Å². The SMILES string of the molecule is CCNC(c1ccc(Cl)cc1Cl)c1c(F)cccc1OC. The van der Waals surface area contributed by atoms with Crippen LogP contribution in [0.3, 0.4) is 0 Å². The Labute approximate surface area is 133 Å². The average Bonchev–Trinajstić information content (AvgIpc) is 2.45. The lowest BCUT2D eigenvalue weighted by atomic mass is 9.97. The summed E-state index contributed by atoms with van der Waals surface area (Å²) in [4.78, 5) is 0. The molecule has 2 rings (SSSR count). The molecule has 0 fully saturated rings. The van der Waals surface area contributed by atoms with E-state index < -0.39 is 6.04 Å². The first-order valence-electron chi connectivity index (χ1n) is 6.59. The molecule has 5 heteroatoms. The van der Waals surface area contributed by atoms with Crippen LogP contribution in [0.4, 0.5) is 4.39 Å². The summed E-state index contributed by atoms with van der Waals surface area (Å²) in [7, 11) is 1.52. The van der Waals surface area contributed by atoms with Crippen molar-refractivity contribution in [3.05, 3.63) is 63.4 Å². The van der Waals surface area contributed by atoms with Gasteiger partial charge in [0.25, 0.3) is 0 Å². The Bertz CT molecular complexity index is 634. The summed E-state index contributed by atoms with van der Waals surface area (Å²) in [5.41, 5.74) is 1.19. The minimum atomic E-state index is -0.407. The summed E-state index contributed by atoms with van der Waals surface area (Å²) in [6.07, 6.45) is 0. The van der Waals surface area contributed by atoms with Gasteiger partial charge in [-0.05, 0) is 36.4 Å². The van der Waals surface area contributed by atoms with E-state index in [9.17, 15) is 4.39 Å². The number of nitrogens with one attached hydrogen (secondary N) is 1. The Kier molecular flexibility index (Phi) is 5.45. The van der Waals surface area contributed by atoms with Gasteiger partial charge in [0, 0.05) is 10.0 Å². The van der Waals surface area contributed by atoms with E-state index in [-0.39, 0.29) is 5.82 Å². The van der Waals surface area contributed by atoms with E-state index in [0.29, 0.717) is 27.9 Å². The topological polar surface area (TPSA) is 21.3 Å². The van der Waals surface area contributed by atoms with Crippen LogP contribution in [0.5, 0.6) is 5.75 Å². The molecule has 0 saturated carbocycles. The predicted octanol–water partition coefficient (Wildman–Crippen LogP) is 4.84. The minimum Gasteiger partial charge on any atom is -0.496 e. The number of benzene rings is 2. The zero-order valence-corrected chi connectivity index (χ0v) is 13.3. The molecule has 2 aromatic carbocycles. The van der Waals surface area contributed by atoms with E-state index in [1.54, 1.807) is 30.3 Å². The number of hydrogen-bond donors (Lipinski definition) is 1. The second-order valence-corrected chi connectivity index (χ2v) is 5.36. The van der Waals surface area contributed by atoms with Gasteiger partial charge in [0.2, 0.25) is 0 Å². The second-order valence-electron chi connectivity index (χ2n) is 4.51. The van der Waals surface area contributed by atoms with Gasteiger partial charge >= 0.3 is 0 Å². The molecule has 0 spiro atoms. The molecular formula is C16H16Cl2FNO. The Hall–Kier alpha value is -1.29. The standard InChI is InChI=1S/C16H16Cl2FNO/c1-3-20-16(11-8-7-10(17)9-12(11)18)15-13(19)5-4-6-14(15)21-2/h4-9,16,20H,3H2,1-2H3. The fourth-order valence-electron chi connectivity index (χ4n) is 2.28. The molecule has 0 aromatic heterocycles. The summed E-state index contributed by atoms with van der Waals surface area (Å²) in [6, 6.07) is 9.53. The molecule has 1 N–H and O–H groups in total. The van der Waals surface area contributed by atoms with Gasteiger partial charge < -0.3 is 10.1 Å². The van der Waals surface area contributed by atoms with Gasteiger partial charge in [-0.3, -0.25) is 0 Å². The zero-order valence-electron chi connectivity index (χ0n) is 11.8. The lowest BCUT2D eigenvalue weighted by molar-refractivity contribution is 0.397. The highest BCUT2D eigenvalue weighted by Crippen LogP contribution is 2.36. The lowest BCUT2D eigenvalue weighted by Crippen LogP contribution is -2.24. The first-order valence-corrected chi connectivity index (χ1v) is 7.34. The summed E-state index contributed by atoms with van der Waals surface area (Å²) in [5, 5.41) is 4.27. The van der Waals surface area contributed by atoms with E-state index in [1.807, 2.05) is 6.92 Å². The second kappa shape index (κ2) is 7.12. The molecule has 1 atom stereocenters. The van der Waals surface area contributed by atoms with Crippen LogP contribution in [-0.2, 0) is 0 Å². The van der Waals surface area contributed by atoms with E-state index in [0.717, 1.165) is 5.56 Å². The molecule has 0 aliphatic carbocycles. The van der Waals surface area contributed by atoms with Crippen molar-refractivity contribution in [3.8, 4) is 5.75 Å². The van der Waals surface area contributed by atoms with Gasteiger partial charge in [-0.15, -0.1) is 0 Å². The molecule has 2 aromatic rings. The molecule has 0 aliphatic rings. The molecule has 0 aliphatic heterocycles. The maximum absolute atomic E-state index is 14.3. The Morgan fingerprint density at radius 3 is 2.62 bits per heavy atom. The van der Waals surface area contributed by atoms with Crippen LogP contribution in [0.15, 0.2) is 36.4 Å². The number of hydrogen-bond acceptors (Lipinski definition) is 2. The van der Waals surface area contributed by atoms with E-state index >= 15 is 0 Å². The Morgan fingerprint density at radius 1 is 1.24 bits per heavy atom. The summed E-state index contributed by atoms with van der Waals surface area (Å²) < 4.78 is 19.6. The maximum Gasteiger partial charge on any atom is 0.132 e. The summed E-state index contributed by atoms with van der Waals surface area (Å²) >= 11 is 12.2. The Balaban J connectivity index is 2.58. The third-order valence-electron chi connectivity index (χ3n) is 3.20. The highest BCUT2D eigenvalue weighted by atomic mass is 35.5. The minimum absolute atomic E-state index is 0.341. The molecule has 1 unspecified atom stereocenters. The molecule has 0 radical (unpaired) electrons. The fraction of sp³-hybridized carbons (Fsp3) is 0.250. The lowest BCUT2D eigenvalue weighted by Gasteiger charge is -2.23. The monoisotopic (exact) mass is 327 g/mol. The van der Waals surface area contributed by atoms with Crippen LogP contribution >= 0.6 is 23.2 Å². The number of rotatable bonds is 5. The van der Waals surface area contributed by atoms with Crippen LogP contribution in [0.2, 0.25) is 10.0 Å². The number of methoxy groups -OCH3 is 1. The largest absolute Gasteiger partial charge is 0.496 e. The van der Waals surface area contributed by atoms with Gasteiger partial charge in [0.1, 0.15) is 11.6 Å². The van der Waals surface area contributed by atoms with Crippen molar-refractivity contribution < 1.29 is 9.13 Å². The van der Waals surface area contributed by atoms with Crippen molar-refractivity contribution in [2.45, 2.75) is 13.0 Å². The van der Waals surface area contributed by atoms with Crippen molar-refractivity contribution in [1.29, 1.82) is 0 Å². The summed E-state index contributed by atoms with van der Waals surface area (Å²) in [5.74, 6) is 0.137. The molecule has 112 valence electrons. The van der Waals surface area contributed by atoms with E-state index in [4.69, 9.17) is 27.9 Å². The first kappa shape index (κ1) is 16.1. The maximum atomic E-state index is 14.3. The quantitative estimate of drug-likeness (QED) is 0.848. The predicted molar refractivity (Wildman–Crippen MR) is 84.9 cm³/mol. The Morgan fingerprint density at radius 2 is 2.00 bits per heavy atom. The van der Waals surface area contributed by atoms with Crippen molar-refractivity contribution in [3.63, 3.8) is 0 Å². The summed E-state index contributed by atoms with van der Waals surface area (Å²) in [6.45, 7) is 2.60. The average molecular weight is 328 g/mol. The van der Waals surface area contributed by atoms with Crippen molar-refractivity contribution in [2.24, 2.45) is 0 Å². The molecule has 0 heterocycles. The highest BCUT2D eigenvalue weighted by molar-refractivity contribution is 6.35. The number of ether oxygens (including phenoxy) is 1. The molecule has 21 heavy (non-hydrogen) atoms. The smallest absolute Gasteiger partial charge is 0.132 e. The van der Waals surface area contributed by atoms with Gasteiger partial charge in [0.05, 0.1) is 18.7 Å². The van der Waals surface area contributed by atoms with E-state index in [2.05, 4.69) is 5.32 Å². The first-order chi connectivity index (χ1) is 10.1. The van der Waals surface area contributed by atoms with Gasteiger partial charge in [-0.1, -0.05) is 42.3 Å². The molecule has 0 saturated heterocycles.